The Morgan fingerprint density at radius 3 is 2.50 bits per heavy atom. The van der Waals surface area contributed by atoms with Gasteiger partial charge in [0.1, 0.15) is 0 Å². The maximum Gasteiger partial charge on any atom is 0.232 e. The summed E-state index contributed by atoms with van der Waals surface area (Å²) in [6.07, 6.45) is 4.88. The van der Waals surface area contributed by atoms with Gasteiger partial charge in [-0.1, -0.05) is 42.1 Å². The van der Waals surface area contributed by atoms with E-state index in [0.717, 1.165) is 13.0 Å². The molecule has 0 unspecified atom stereocenters. The lowest BCUT2D eigenvalue weighted by Gasteiger charge is -2.15. The van der Waals surface area contributed by atoms with Crippen LogP contribution in [0.1, 0.15) is 32.6 Å². The molecule has 0 radical (unpaired) electrons. The number of carbonyl (C=O) groups is 1. The van der Waals surface area contributed by atoms with Crippen LogP contribution >= 0.6 is 15.9 Å². The van der Waals surface area contributed by atoms with Gasteiger partial charge in [0.15, 0.2) is 0 Å². The van der Waals surface area contributed by atoms with E-state index in [1.165, 1.54) is 19.3 Å². The topological polar surface area (TPSA) is 20.3 Å². The Morgan fingerprint density at radius 2 is 2.00 bits per heavy atom. The Kier molecular flexibility index (Phi) is 7.56. The van der Waals surface area contributed by atoms with E-state index >= 15 is 0 Å². The van der Waals surface area contributed by atoms with Crippen molar-refractivity contribution in [3.05, 3.63) is 0 Å². The van der Waals surface area contributed by atoms with Gasteiger partial charge in [0.2, 0.25) is 5.91 Å². The zero-order valence-corrected chi connectivity index (χ0v) is 9.56. The Morgan fingerprint density at radius 1 is 1.33 bits per heavy atom. The van der Waals surface area contributed by atoms with Gasteiger partial charge in [0.05, 0.1) is 5.33 Å². The monoisotopic (exact) mass is 235 g/mol. The minimum atomic E-state index is 0.173. The summed E-state index contributed by atoms with van der Waals surface area (Å²) in [5.74, 6) is 0.173. The van der Waals surface area contributed by atoms with Crippen molar-refractivity contribution in [2.75, 3.05) is 18.9 Å². The smallest absolute Gasteiger partial charge is 0.232 e. The van der Waals surface area contributed by atoms with Crippen LogP contribution in [0.4, 0.5) is 0 Å². The molecule has 0 saturated heterocycles. The van der Waals surface area contributed by atoms with Crippen molar-refractivity contribution in [3.63, 3.8) is 0 Å². The third-order valence-electron chi connectivity index (χ3n) is 1.89. The largest absolute Gasteiger partial charge is 0.345 e. The van der Waals surface area contributed by atoms with Crippen LogP contribution in [0.15, 0.2) is 0 Å². The Hall–Kier alpha value is -0.0500. The van der Waals surface area contributed by atoms with Crippen LogP contribution in [0.5, 0.6) is 0 Å². The van der Waals surface area contributed by atoms with E-state index < -0.39 is 0 Å². The highest BCUT2D eigenvalue weighted by Gasteiger charge is 2.04. The average molecular weight is 236 g/mol. The van der Waals surface area contributed by atoms with Crippen LogP contribution < -0.4 is 0 Å². The van der Waals surface area contributed by atoms with Gasteiger partial charge in [-0.25, -0.2) is 0 Å². The van der Waals surface area contributed by atoms with Crippen molar-refractivity contribution in [2.24, 2.45) is 0 Å². The fourth-order valence-electron chi connectivity index (χ4n) is 1.00. The first kappa shape index (κ1) is 11.9. The second-order valence-corrected chi connectivity index (χ2v) is 3.57. The molecule has 72 valence electrons. The zero-order chi connectivity index (χ0) is 9.40. The van der Waals surface area contributed by atoms with Gasteiger partial charge < -0.3 is 4.90 Å². The molecule has 2 nitrogen and oxygen atoms in total. The highest BCUT2D eigenvalue weighted by Crippen LogP contribution is 2.00. The molecule has 0 aliphatic carbocycles. The van der Waals surface area contributed by atoms with Crippen LogP contribution in [-0.2, 0) is 4.79 Å². The van der Waals surface area contributed by atoms with E-state index in [4.69, 9.17) is 0 Å². The molecule has 0 saturated carbocycles. The molecule has 0 rings (SSSR count). The first-order chi connectivity index (χ1) is 5.72. The number of unbranched alkanes of at least 4 members (excludes halogenated alkanes) is 3. The van der Waals surface area contributed by atoms with E-state index in [1.807, 2.05) is 7.05 Å². The summed E-state index contributed by atoms with van der Waals surface area (Å²) in [4.78, 5) is 12.8. The molecule has 0 heterocycles. The Labute approximate surface area is 83.4 Å². The van der Waals surface area contributed by atoms with Crippen LogP contribution in [0.25, 0.3) is 0 Å². The number of hydrogen-bond acceptors (Lipinski definition) is 1. The first-order valence-electron chi connectivity index (χ1n) is 4.52. The Bertz CT molecular complexity index is 128. The van der Waals surface area contributed by atoms with Gasteiger partial charge in [-0.05, 0) is 6.42 Å². The van der Waals surface area contributed by atoms with Crippen LogP contribution in [-0.4, -0.2) is 29.7 Å². The maximum absolute atomic E-state index is 11.1. The van der Waals surface area contributed by atoms with Crippen molar-refractivity contribution in [1.29, 1.82) is 0 Å². The van der Waals surface area contributed by atoms with Gasteiger partial charge in [-0.2, -0.15) is 0 Å². The van der Waals surface area contributed by atoms with Crippen molar-refractivity contribution in [1.82, 2.24) is 4.90 Å². The molecule has 0 N–H and O–H groups in total. The molecule has 12 heavy (non-hydrogen) atoms. The molecular formula is C9H18BrNO. The summed E-state index contributed by atoms with van der Waals surface area (Å²) < 4.78 is 0. The molecule has 0 aliphatic heterocycles. The van der Waals surface area contributed by atoms with E-state index in [-0.39, 0.29) is 5.91 Å². The quantitative estimate of drug-likeness (QED) is 0.512. The number of rotatable bonds is 6. The van der Waals surface area contributed by atoms with Gasteiger partial charge in [0.25, 0.3) is 0 Å². The van der Waals surface area contributed by atoms with E-state index in [1.54, 1.807) is 4.90 Å². The lowest BCUT2D eigenvalue weighted by Crippen LogP contribution is -2.28. The highest BCUT2D eigenvalue weighted by atomic mass is 79.9. The molecule has 0 aliphatic rings. The third kappa shape index (κ3) is 5.58. The normalized spacial score (nSPS) is 9.92. The van der Waals surface area contributed by atoms with Gasteiger partial charge in [0, 0.05) is 13.6 Å². The van der Waals surface area contributed by atoms with Crippen molar-refractivity contribution >= 4 is 21.8 Å². The summed E-state index contributed by atoms with van der Waals surface area (Å²) in [7, 11) is 1.86. The molecule has 0 aromatic carbocycles. The van der Waals surface area contributed by atoms with Crippen molar-refractivity contribution in [2.45, 2.75) is 32.6 Å². The maximum atomic E-state index is 11.1. The molecular weight excluding hydrogens is 218 g/mol. The average Bonchev–Trinajstić information content (AvgIpc) is 2.10. The second-order valence-electron chi connectivity index (χ2n) is 3.01. The molecule has 0 spiro atoms. The van der Waals surface area contributed by atoms with Crippen LogP contribution in [0.3, 0.4) is 0 Å². The molecule has 0 aromatic rings. The van der Waals surface area contributed by atoms with Crippen molar-refractivity contribution in [3.8, 4) is 0 Å². The summed E-state index contributed by atoms with van der Waals surface area (Å²) >= 11 is 3.15. The number of halogens is 1. The SMILES string of the molecule is CCCCCCN(C)C(=O)CBr. The predicted octanol–water partition coefficient (Wildman–Crippen LogP) is 2.42. The first-order valence-corrected chi connectivity index (χ1v) is 5.64. The molecule has 1 amide bonds. The zero-order valence-electron chi connectivity index (χ0n) is 7.98. The number of alkyl halides is 1. The van der Waals surface area contributed by atoms with Crippen LogP contribution in [0, 0.1) is 0 Å². The Balaban J connectivity index is 3.31. The lowest BCUT2D eigenvalue weighted by atomic mass is 10.2. The lowest BCUT2D eigenvalue weighted by molar-refractivity contribution is -0.127. The number of carbonyl (C=O) groups excluding carboxylic acids is 1. The fourth-order valence-corrected chi connectivity index (χ4v) is 1.43. The van der Waals surface area contributed by atoms with Crippen molar-refractivity contribution < 1.29 is 4.79 Å². The van der Waals surface area contributed by atoms with Gasteiger partial charge >= 0.3 is 0 Å². The molecule has 0 fully saturated rings. The summed E-state index contributed by atoms with van der Waals surface area (Å²) in [5.41, 5.74) is 0. The number of nitrogens with zero attached hydrogens (tertiary/aromatic N) is 1. The van der Waals surface area contributed by atoms with Crippen LogP contribution in [0.2, 0.25) is 0 Å². The molecule has 0 atom stereocenters. The van der Waals surface area contributed by atoms with Gasteiger partial charge in [-0.15, -0.1) is 0 Å². The summed E-state index contributed by atoms with van der Waals surface area (Å²) in [5, 5.41) is 0.442. The minimum absolute atomic E-state index is 0.173. The fraction of sp³-hybridized carbons (Fsp3) is 0.889. The highest BCUT2D eigenvalue weighted by molar-refractivity contribution is 9.09. The molecule has 3 heteroatoms. The van der Waals surface area contributed by atoms with E-state index in [2.05, 4.69) is 22.9 Å². The summed E-state index contributed by atoms with van der Waals surface area (Å²) in [6.45, 7) is 3.08. The predicted molar refractivity (Wildman–Crippen MR) is 55.6 cm³/mol. The second kappa shape index (κ2) is 7.59. The summed E-state index contributed by atoms with van der Waals surface area (Å²) in [6, 6.07) is 0. The number of amides is 1. The van der Waals surface area contributed by atoms with E-state index in [0.29, 0.717) is 5.33 Å². The van der Waals surface area contributed by atoms with Gasteiger partial charge in [-0.3, -0.25) is 4.79 Å². The standard InChI is InChI=1S/C9H18BrNO/c1-3-4-5-6-7-11(2)9(12)8-10/h3-8H2,1-2H3. The molecule has 0 aromatic heterocycles. The third-order valence-corrected chi connectivity index (χ3v) is 2.37. The van der Waals surface area contributed by atoms with E-state index in [9.17, 15) is 4.79 Å². The number of hydrogen-bond donors (Lipinski definition) is 0. The molecule has 0 bridgehead atoms. The minimum Gasteiger partial charge on any atom is -0.345 e.